The van der Waals surface area contributed by atoms with Crippen LogP contribution < -0.4 is 5.32 Å². The average Bonchev–Trinajstić information content (AvgIpc) is 2.42. The van der Waals surface area contributed by atoms with Crippen LogP contribution in [0, 0.1) is 9.39 Å². The van der Waals surface area contributed by atoms with Crippen LogP contribution in [-0.4, -0.2) is 9.97 Å². The summed E-state index contributed by atoms with van der Waals surface area (Å²) in [6.45, 7) is 0. The molecular formula is C14H8BrFIN3. The summed E-state index contributed by atoms with van der Waals surface area (Å²) in [5.74, 6) is 0.256. The SMILES string of the molecule is Fc1cc(Br)ccc1Nc1ncnc2ccc(I)cc12. The van der Waals surface area contributed by atoms with Crippen LogP contribution in [0.2, 0.25) is 0 Å². The summed E-state index contributed by atoms with van der Waals surface area (Å²) in [7, 11) is 0. The highest BCUT2D eigenvalue weighted by atomic mass is 127. The van der Waals surface area contributed by atoms with Gasteiger partial charge in [-0.25, -0.2) is 14.4 Å². The third-order valence-corrected chi connectivity index (χ3v) is 3.95. The van der Waals surface area contributed by atoms with Gasteiger partial charge in [-0.2, -0.15) is 0 Å². The number of nitrogens with one attached hydrogen (secondary N) is 1. The molecule has 100 valence electrons. The lowest BCUT2D eigenvalue weighted by molar-refractivity contribution is 0.631. The van der Waals surface area contributed by atoms with Crippen molar-refractivity contribution in [2.24, 2.45) is 0 Å². The van der Waals surface area contributed by atoms with E-state index in [1.54, 1.807) is 12.1 Å². The molecule has 6 heteroatoms. The first-order valence-electron chi connectivity index (χ1n) is 5.76. The molecule has 0 bridgehead atoms. The van der Waals surface area contributed by atoms with E-state index in [1.165, 1.54) is 12.4 Å². The fourth-order valence-corrected chi connectivity index (χ4v) is 2.67. The maximum Gasteiger partial charge on any atom is 0.147 e. The average molecular weight is 444 g/mol. The van der Waals surface area contributed by atoms with Gasteiger partial charge in [-0.05, 0) is 59.0 Å². The molecule has 1 N–H and O–H groups in total. The minimum absolute atomic E-state index is 0.336. The van der Waals surface area contributed by atoms with Crippen LogP contribution in [0.1, 0.15) is 0 Å². The summed E-state index contributed by atoms with van der Waals surface area (Å²) in [6, 6.07) is 10.7. The first-order chi connectivity index (χ1) is 9.63. The minimum Gasteiger partial charge on any atom is -0.337 e. The Balaban J connectivity index is 2.08. The minimum atomic E-state index is -0.336. The van der Waals surface area contributed by atoms with Gasteiger partial charge in [0.25, 0.3) is 0 Å². The number of anilines is 2. The Morgan fingerprint density at radius 3 is 2.75 bits per heavy atom. The summed E-state index contributed by atoms with van der Waals surface area (Å²) < 4.78 is 15.6. The van der Waals surface area contributed by atoms with Gasteiger partial charge in [0.2, 0.25) is 0 Å². The molecule has 0 atom stereocenters. The molecule has 1 aromatic heterocycles. The topological polar surface area (TPSA) is 37.8 Å². The number of fused-ring (bicyclic) bond motifs is 1. The molecule has 0 fully saturated rings. The van der Waals surface area contributed by atoms with Gasteiger partial charge in [0.1, 0.15) is 18.0 Å². The number of benzene rings is 2. The van der Waals surface area contributed by atoms with Crippen molar-refractivity contribution in [1.29, 1.82) is 0 Å². The molecule has 0 spiro atoms. The summed E-state index contributed by atoms with van der Waals surface area (Å²) in [5, 5.41) is 3.88. The summed E-state index contributed by atoms with van der Waals surface area (Å²) in [4.78, 5) is 8.41. The molecule has 3 aromatic rings. The largest absolute Gasteiger partial charge is 0.337 e. The molecule has 0 aliphatic rings. The predicted molar refractivity (Wildman–Crippen MR) is 89.6 cm³/mol. The van der Waals surface area contributed by atoms with Crippen LogP contribution in [0.3, 0.4) is 0 Å². The molecule has 0 aliphatic carbocycles. The number of rotatable bonds is 2. The third-order valence-electron chi connectivity index (χ3n) is 2.78. The van der Waals surface area contributed by atoms with Crippen molar-refractivity contribution in [3.63, 3.8) is 0 Å². The van der Waals surface area contributed by atoms with Crippen LogP contribution in [0.25, 0.3) is 10.9 Å². The smallest absolute Gasteiger partial charge is 0.147 e. The molecule has 0 unspecified atom stereocenters. The lowest BCUT2D eigenvalue weighted by atomic mass is 10.2. The molecule has 0 amide bonds. The van der Waals surface area contributed by atoms with Gasteiger partial charge in [-0.1, -0.05) is 15.9 Å². The Kier molecular flexibility index (Phi) is 3.84. The zero-order valence-electron chi connectivity index (χ0n) is 10.1. The van der Waals surface area contributed by atoms with Crippen LogP contribution in [-0.2, 0) is 0 Å². The van der Waals surface area contributed by atoms with E-state index in [9.17, 15) is 4.39 Å². The van der Waals surface area contributed by atoms with Crippen molar-refractivity contribution in [2.45, 2.75) is 0 Å². The highest BCUT2D eigenvalue weighted by Crippen LogP contribution is 2.27. The van der Waals surface area contributed by atoms with Crippen molar-refractivity contribution in [1.82, 2.24) is 9.97 Å². The summed E-state index contributed by atoms with van der Waals surface area (Å²) >= 11 is 5.46. The van der Waals surface area contributed by atoms with Crippen molar-refractivity contribution in [3.05, 3.63) is 56.6 Å². The molecule has 3 nitrogen and oxygen atoms in total. The Morgan fingerprint density at radius 1 is 1.10 bits per heavy atom. The molecule has 20 heavy (non-hydrogen) atoms. The monoisotopic (exact) mass is 443 g/mol. The van der Waals surface area contributed by atoms with E-state index in [2.05, 4.69) is 53.8 Å². The predicted octanol–water partition coefficient (Wildman–Crippen LogP) is 4.88. The molecule has 2 aromatic carbocycles. The summed E-state index contributed by atoms with van der Waals surface area (Å²) in [6.07, 6.45) is 1.47. The highest BCUT2D eigenvalue weighted by molar-refractivity contribution is 14.1. The molecular weight excluding hydrogens is 436 g/mol. The Labute approximate surface area is 136 Å². The number of halogens is 3. The van der Waals surface area contributed by atoms with Gasteiger partial charge >= 0.3 is 0 Å². The Morgan fingerprint density at radius 2 is 1.95 bits per heavy atom. The zero-order valence-corrected chi connectivity index (χ0v) is 13.8. The zero-order chi connectivity index (χ0) is 14.1. The second kappa shape index (κ2) is 5.61. The Bertz CT molecular complexity index is 794. The molecule has 0 saturated heterocycles. The van der Waals surface area contributed by atoms with E-state index in [0.717, 1.165) is 14.5 Å². The van der Waals surface area contributed by atoms with Gasteiger partial charge < -0.3 is 5.32 Å². The number of aromatic nitrogens is 2. The lowest BCUT2D eigenvalue weighted by Gasteiger charge is -2.09. The molecule has 0 aliphatic heterocycles. The van der Waals surface area contributed by atoms with E-state index < -0.39 is 0 Å². The lowest BCUT2D eigenvalue weighted by Crippen LogP contribution is -1.98. The van der Waals surface area contributed by atoms with Crippen LogP contribution in [0.4, 0.5) is 15.9 Å². The van der Waals surface area contributed by atoms with Gasteiger partial charge in [-0.3, -0.25) is 0 Å². The van der Waals surface area contributed by atoms with Crippen molar-refractivity contribution < 1.29 is 4.39 Å². The fraction of sp³-hybridized carbons (Fsp3) is 0. The normalized spacial score (nSPS) is 10.8. The van der Waals surface area contributed by atoms with Crippen LogP contribution in [0.5, 0.6) is 0 Å². The van der Waals surface area contributed by atoms with Crippen LogP contribution in [0.15, 0.2) is 47.2 Å². The molecule has 3 rings (SSSR count). The van der Waals surface area contributed by atoms with E-state index in [1.807, 2.05) is 18.2 Å². The standard InChI is InChI=1S/C14H8BrFIN3/c15-8-1-3-13(11(16)5-8)20-14-10-6-9(17)2-4-12(10)18-7-19-14/h1-7H,(H,18,19,20). The summed E-state index contributed by atoms with van der Waals surface area (Å²) in [5.41, 5.74) is 1.20. The van der Waals surface area contributed by atoms with E-state index in [0.29, 0.717) is 16.0 Å². The van der Waals surface area contributed by atoms with Crippen molar-refractivity contribution >= 4 is 60.9 Å². The van der Waals surface area contributed by atoms with E-state index >= 15 is 0 Å². The first-order valence-corrected chi connectivity index (χ1v) is 7.63. The highest BCUT2D eigenvalue weighted by Gasteiger charge is 2.08. The number of nitrogens with zero attached hydrogens (tertiary/aromatic N) is 2. The number of hydrogen-bond acceptors (Lipinski definition) is 3. The quantitative estimate of drug-likeness (QED) is 0.573. The molecule has 0 radical (unpaired) electrons. The Hall–Kier alpha value is -1.28. The maximum absolute atomic E-state index is 13.9. The fourth-order valence-electron chi connectivity index (χ4n) is 1.85. The van der Waals surface area contributed by atoms with E-state index in [-0.39, 0.29) is 5.82 Å². The van der Waals surface area contributed by atoms with Gasteiger partial charge in [-0.15, -0.1) is 0 Å². The molecule has 1 heterocycles. The van der Waals surface area contributed by atoms with Crippen molar-refractivity contribution in [3.8, 4) is 0 Å². The number of hydrogen-bond donors (Lipinski definition) is 1. The third kappa shape index (κ3) is 2.76. The van der Waals surface area contributed by atoms with E-state index in [4.69, 9.17) is 0 Å². The second-order valence-electron chi connectivity index (χ2n) is 4.13. The van der Waals surface area contributed by atoms with Gasteiger partial charge in [0.15, 0.2) is 0 Å². The first kappa shape index (κ1) is 13.7. The van der Waals surface area contributed by atoms with Crippen molar-refractivity contribution in [2.75, 3.05) is 5.32 Å². The van der Waals surface area contributed by atoms with Crippen LogP contribution >= 0.6 is 38.5 Å². The maximum atomic E-state index is 13.9. The second-order valence-corrected chi connectivity index (χ2v) is 6.29. The van der Waals surface area contributed by atoms with Gasteiger partial charge in [0, 0.05) is 13.4 Å². The molecule has 0 saturated carbocycles. The van der Waals surface area contributed by atoms with Gasteiger partial charge in [0.05, 0.1) is 11.2 Å².